The van der Waals surface area contributed by atoms with Crippen LogP contribution in [0.25, 0.3) is 5.76 Å². The van der Waals surface area contributed by atoms with Crippen LogP contribution < -0.4 is 4.74 Å². The SMILES string of the molecule is C=C(OC)c1ccc2c(c1)C(N(Cc1ccc(CCC)cc1)S(=O)c1cccc(C)c1)CC(C)(C)O2. The van der Waals surface area contributed by atoms with E-state index < -0.39 is 16.6 Å². The molecule has 0 fully saturated rings. The van der Waals surface area contributed by atoms with Crippen LogP contribution in [0.15, 0.2) is 78.2 Å². The van der Waals surface area contributed by atoms with Gasteiger partial charge in [-0.3, -0.25) is 0 Å². The van der Waals surface area contributed by atoms with Gasteiger partial charge in [0.1, 0.15) is 28.1 Å². The maximum atomic E-state index is 14.2. The first-order valence-electron chi connectivity index (χ1n) is 12.6. The molecule has 0 spiro atoms. The first-order chi connectivity index (χ1) is 17.2. The molecule has 2 unspecified atom stereocenters. The van der Waals surface area contributed by atoms with Crippen LogP contribution in [-0.2, 0) is 28.7 Å². The van der Waals surface area contributed by atoms with Crippen LogP contribution in [0.4, 0.5) is 0 Å². The second kappa shape index (κ2) is 11.0. The predicted octanol–water partition coefficient (Wildman–Crippen LogP) is 7.39. The molecule has 4 rings (SSSR count). The summed E-state index contributed by atoms with van der Waals surface area (Å²) in [4.78, 5) is 0.806. The molecule has 5 heteroatoms. The van der Waals surface area contributed by atoms with Crippen molar-refractivity contribution >= 4 is 16.7 Å². The number of hydrogen-bond acceptors (Lipinski definition) is 3. The zero-order chi connectivity index (χ0) is 25.9. The lowest BCUT2D eigenvalue weighted by atomic mass is 9.88. The Hall–Kier alpha value is -2.89. The Balaban J connectivity index is 1.80. The summed E-state index contributed by atoms with van der Waals surface area (Å²) in [5.41, 5.74) is 5.06. The molecule has 1 heterocycles. The van der Waals surface area contributed by atoms with Gasteiger partial charge in [0, 0.05) is 24.1 Å². The third kappa shape index (κ3) is 5.91. The molecule has 1 aliphatic heterocycles. The van der Waals surface area contributed by atoms with Crippen LogP contribution in [0.2, 0.25) is 0 Å². The summed E-state index contributed by atoms with van der Waals surface area (Å²) >= 11 is 0. The summed E-state index contributed by atoms with van der Waals surface area (Å²) < 4.78 is 28.1. The molecule has 0 saturated carbocycles. The Morgan fingerprint density at radius 3 is 2.50 bits per heavy atom. The number of methoxy groups -OCH3 is 1. The predicted molar refractivity (Wildman–Crippen MR) is 148 cm³/mol. The Labute approximate surface area is 218 Å². The molecule has 0 amide bonds. The Bertz CT molecular complexity index is 1250. The van der Waals surface area contributed by atoms with Crippen LogP contribution in [0, 0.1) is 6.92 Å². The highest BCUT2D eigenvalue weighted by Gasteiger charge is 2.39. The Kier molecular flexibility index (Phi) is 8.01. The molecule has 4 nitrogen and oxygen atoms in total. The molecule has 190 valence electrons. The summed E-state index contributed by atoms with van der Waals surface area (Å²) in [5.74, 6) is 1.41. The van der Waals surface area contributed by atoms with Gasteiger partial charge in [0.05, 0.1) is 18.0 Å². The zero-order valence-electron chi connectivity index (χ0n) is 22.0. The summed E-state index contributed by atoms with van der Waals surface area (Å²) in [6.45, 7) is 13.0. The number of hydrogen-bond donors (Lipinski definition) is 0. The lowest BCUT2D eigenvalue weighted by molar-refractivity contribution is 0.0500. The fraction of sp³-hybridized carbons (Fsp3) is 0.355. The third-order valence-corrected chi connectivity index (χ3v) is 8.13. The zero-order valence-corrected chi connectivity index (χ0v) is 22.9. The molecule has 1 aliphatic rings. The van der Waals surface area contributed by atoms with Crippen molar-refractivity contribution in [1.82, 2.24) is 4.31 Å². The van der Waals surface area contributed by atoms with E-state index in [0.717, 1.165) is 45.7 Å². The minimum Gasteiger partial charge on any atom is -0.497 e. The van der Waals surface area contributed by atoms with Gasteiger partial charge in [-0.15, -0.1) is 0 Å². The molecule has 36 heavy (non-hydrogen) atoms. The summed E-state index contributed by atoms with van der Waals surface area (Å²) in [7, 11) is 0.251. The van der Waals surface area contributed by atoms with Crippen molar-refractivity contribution in [2.45, 2.75) is 70.0 Å². The first kappa shape index (κ1) is 26.2. The molecule has 0 bridgehead atoms. The third-order valence-electron chi connectivity index (χ3n) is 6.66. The van der Waals surface area contributed by atoms with Crippen LogP contribution in [-0.4, -0.2) is 21.2 Å². The minimum atomic E-state index is -1.37. The standard InChI is InChI=1S/C31H37NO3S/c1-7-9-24-12-14-25(15-13-24)21-32(36(33)27-11-8-10-22(2)18-27)29-20-31(4,5)35-30-17-16-26(19-28(29)30)23(3)34-6/h8,10-19,29H,3,7,9,20-21H2,1-2,4-6H3. The average Bonchev–Trinajstić information content (AvgIpc) is 2.86. The van der Waals surface area contributed by atoms with Gasteiger partial charge in [-0.2, -0.15) is 0 Å². The number of rotatable bonds is 9. The van der Waals surface area contributed by atoms with Crippen LogP contribution >= 0.6 is 0 Å². The Morgan fingerprint density at radius 2 is 1.83 bits per heavy atom. The number of ether oxygens (including phenoxy) is 2. The molecular formula is C31H37NO3S. The van der Waals surface area contributed by atoms with Gasteiger partial charge in [0.2, 0.25) is 0 Å². The van der Waals surface area contributed by atoms with Crippen molar-refractivity contribution in [3.05, 3.63) is 101 Å². The van der Waals surface area contributed by atoms with Gasteiger partial charge >= 0.3 is 0 Å². The Morgan fingerprint density at radius 1 is 1.11 bits per heavy atom. The fourth-order valence-electron chi connectivity index (χ4n) is 4.79. The van der Waals surface area contributed by atoms with Gasteiger partial charge in [-0.25, -0.2) is 8.51 Å². The van der Waals surface area contributed by atoms with E-state index in [-0.39, 0.29) is 6.04 Å². The van der Waals surface area contributed by atoms with E-state index in [1.807, 2.05) is 43.3 Å². The summed E-state index contributed by atoms with van der Waals surface area (Å²) in [6.07, 6.45) is 2.88. The van der Waals surface area contributed by atoms with Gasteiger partial charge in [0.15, 0.2) is 0 Å². The lowest BCUT2D eigenvalue weighted by Gasteiger charge is -2.42. The van der Waals surface area contributed by atoms with E-state index in [4.69, 9.17) is 9.47 Å². The van der Waals surface area contributed by atoms with Crippen LogP contribution in [0.3, 0.4) is 0 Å². The van der Waals surface area contributed by atoms with Crippen molar-refractivity contribution < 1.29 is 13.7 Å². The number of aryl methyl sites for hydroxylation is 2. The lowest BCUT2D eigenvalue weighted by Crippen LogP contribution is -2.42. The molecule has 0 radical (unpaired) electrons. The maximum absolute atomic E-state index is 14.2. The van der Waals surface area contributed by atoms with Gasteiger partial charge < -0.3 is 9.47 Å². The number of fused-ring (bicyclic) bond motifs is 1. The molecule has 0 aromatic heterocycles. The molecule has 3 aromatic rings. The maximum Gasteiger partial charge on any atom is 0.128 e. The van der Waals surface area contributed by atoms with Gasteiger partial charge in [-0.1, -0.05) is 56.3 Å². The number of benzene rings is 3. The highest BCUT2D eigenvalue weighted by Crippen LogP contribution is 2.45. The molecular weight excluding hydrogens is 466 g/mol. The topological polar surface area (TPSA) is 38.8 Å². The van der Waals surface area contributed by atoms with Gasteiger partial charge in [0.25, 0.3) is 0 Å². The van der Waals surface area contributed by atoms with Crippen molar-refractivity contribution in [1.29, 1.82) is 0 Å². The van der Waals surface area contributed by atoms with E-state index in [1.54, 1.807) is 7.11 Å². The van der Waals surface area contributed by atoms with Crippen molar-refractivity contribution in [2.24, 2.45) is 0 Å². The van der Waals surface area contributed by atoms with E-state index in [0.29, 0.717) is 18.7 Å². The van der Waals surface area contributed by atoms with Crippen molar-refractivity contribution in [3.63, 3.8) is 0 Å². The van der Waals surface area contributed by atoms with Crippen molar-refractivity contribution in [3.8, 4) is 5.75 Å². The normalized spacial score (nSPS) is 17.2. The average molecular weight is 504 g/mol. The largest absolute Gasteiger partial charge is 0.497 e. The van der Waals surface area contributed by atoms with E-state index in [2.05, 4.69) is 62.0 Å². The van der Waals surface area contributed by atoms with Gasteiger partial charge in [-0.05, 0) is 74.2 Å². The van der Waals surface area contributed by atoms with E-state index >= 15 is 0 Å². The first-order valence-corrected chi connectivity index (χ1v) is 13.7. The quantitative estimate of drug-likeness (QED) is 0.286. The molecule has 0 saturated heterocycles. The van der Waals surface area contributed by atoms with E-state index in [1.165, 1.54) is 5.56 Å². The second-order valence-electron chi connectivity index (χ2n) is 10.2. The molecule has 0 aliphatic carbocycles. The highest BCUT2D eigenvalue weighted by molar-refractivity contribution is 7.82. The molecule has 2 atom stereocenters. The fourth-order valence-corrected chi connectivity index (χ4v) is 6.23. The van der Waals surface area contributed by atoms with E-state index in [9.17, 15) is 4.21 Å². The highest BCUT2D eigenvalue weighted by atomic mass is 32.2. The van der Waals surface area contributed by atoms with Crippen LogP contribution in [0.5, 0.6) is 5.75 Å². The second-order valence-corrected chi connectivity index (χ2v) is 11.6. The number of nitrogens with zero attached hydrogens (tertiary/aromatic N) is 1. The van der Waals surface area contributed by atoms with Crippen molar-refractivity contribution in [2.75, 3.05) is 7.11 Å². The molecule has 0 N–H and O–H groups in total. The summed E-state index contributed by atoms with van der Waals surface area (Å²) in [6, 6.07) is 22.6. The smallest absolute Gasteiger partial charge is 0.128 e. The summed E-state index contributed by atoms with van der Waals surface area (Å²) in [5, 5.41) is 0. The monoisotopic (exact) mass is 503 g/mol. The minimum absolute atomic E-state index is 0.120. The molecule has 3 aromatic carbocycles. The van der Waals surface area contributed by atoms with Crippen LogP contribution in [0.1, 0.15) is 67.5 Å².